The van der Waals surface area contributed by atoms with E-state index in [1.54, 1.807) is 11.3 Å². The van der Waals surface area contributed by atoms with Crippen molar-refractivity contribution in [1.29, 1.82) is 0 Å². The van der Waals surface area contributed by atoms with E-state index in [0.29, 0.717) is 0 Å². The zero-order valence-electron chi connectivity index (χ0n) is 5.92. The maximum Gasteiger partial charge on any atom is 0.203 e. The number of halogens is 3. The molecule has 0 aliphatic rings. The van der Waals surface area contributed by atoms with Gasteiger partial charge in [-0.2, -0.15) is 4.37 Å². The Hall–Kier alpha value is 0.950. The summed E-state index contributed by atoms with van der Waals surface area (Å²) in [6.45, 7) is 0. The fraction of sp³-hybridized carbons (Fsp3) is 0. The fourth-order valence-corrected chi connectivity index (χ4v) is 4.09. The minimum absolute atomic E-state index is 0.804. The highest BCUT2D eigenvalue weighted by atomic mass is 127. The first-order chi connectivity index (χ1) is 6.16. The summed E-state index contributed by atoms with van der Waals surface area (Å²) in [6, 6.07) is 2.05. The van der Waals surface area contributed by atoms with Crippen molar-refractivity contribution in [2.75, 3.05) is 0 Å². The van der Waals surface area contributed by atoms with Gasteiger partial charge in [0.05, 0.1) is 8.66 Å². The van der Waals surface area contributed by atoms with E-state index in [0.717, 1.165) is 22.0 Å². The lowest BCUT2D eigenvalue weighted by Crippen LogP contribution is -1.71. The summed E-state index contributed by atoms with van der Waals surface area (Å²) in [7, 11) is 0. The number of nitrogens with zero attached hydrogens (tertiary/aromatic N) is 2. The first-order valence-electron chi connectivity index (χ1n) is 3.11. The zero-order valence-corrected chi connectivity index (χ0v) is 12.9. The Balaban J connectivity index is 2.46. The van der Waals surface area contributed by atoms with Crippen LogP contribution in [0.1, 0.15) is 0 Å². The number of hydrogen-bond donors (Lipinski definition) is 0. The molecule has 0 aromatic carbocycles. The van der Waals surface area contributed by atoms with Crippen LogP contribution in [0.5, 0.6) is 0 Å². The van der Waals surface area contributed by atoms with Crippen LogP contribution in [0.4, 0.5) is 0 Å². The Morgan fingerprint density at radius 1 is 1.38 bits per heavy atom. The van der Waals surface area contributed by atoms with Gasteiger partial charge >= 0.3 is 0 Å². The molecule has 0 fully saturated rings. The molecule has 2 aromatic rings. The molecule has 0 atom stereocenters. The molecule has 0 saturated heterocycles. The van der Waals surface area contributed by atoms with Gasteiger partial charge in [-0.25, -0.2) is 4.98 Å². The average molecular weight is 452 g/mol. The second-order valence-corrected chi connectivity index (χ2v) is 7.04. The predicted molar refractivity (Wildman–Crippen MR) is 71.3 cm³/mol. The van der Waals surface area contributed by atoms with Crippen molar-refractivity contribution in [2.24, 2.45) is 0 Å². The molecule has 0 N–H and O–H groups in total. The highest BCUT2D eigenvalue weighted by Crippen LogP contribution is 2.38. The van der Waals surface area contributed by atoms with Crippen LogP contribution < -0.4 is 0 Å². The molecule has 0 aliphatic carbocycles. The summed E-state index contributed by atoms with van der Waals surface area (Å²) < 4.78 is 7.09. The number of hydrogen-bond acceptors (Lipinski definition) is 4. The largest absolute Gasteiger partial charge is 0.209 e. The van der Waals surface area contributed by atoms with Gasteiger partial charge in [0.25, 0.3) is 0 Å². The Labute approximate surface area is 113 Å². The van der Waals surface area contributed by atoms with E-state index in [9.17, 15) is 0 Å². The molecule has 0 aliphatic heterocycles. The zero-order chi connectivity index (χ0) is 9.42. The van der Waals surface area contributed by atoms with Crippen molar-refractivity contribution in [3.8, 4) is 9.88 Å². The molecule has 2 aromatic heterocycles. The molecule has 0 spiro atoms. The molecule has 2 rings (SSSR count). The van der Waals surface area contributed by atoms with E-state index in [1.807, 2.05) is 6.07 Å². The molecule has 0 amide bonds. The van der Waals surface area contributed by atoms with Crippen molar-refractivity contribution in [3.63, 3.8) is 0 Å². The fourth-order valence-electron chi connectivity index (χ4n) is 0.758. The summed E-state index contributed by atoms with van der Waals surface area (Å²) >= 11 is 12.1. The van der Waals surface area contributed by atoms with Gasteiger partial charge in [-0.15, -0.1) is 11.3 Å². The number of aromatic nitrogens is 2. The molecule has 2 heterocycles. The van der Waals surface area contributed by atoms with E-state index < -0.39 is 0 Å². The molecule has 0 unspecified atom stereocenters. The summed E-state index contributed by atoms with van der Waals surface area (Å²) in [5.74, 6) is 0. The van der Waals surface area contributed by atoms with Crippen LogP contribution in [0.3, 0.4) is 0 Å². The van der Waals surface area contributed by atoms with Crippen molar-refractivity contribution >= 4 is 77.3 Å². The Kier molecular flexibility index (Phi) is 3.39. The summed E-state index contributed by atoms with van der Waals surface area (Å²) in [6.07, 6.45) is 0. The molecule has 0 bridgehead atoms. The quantitative estimate of drug-likeness (QED) is 0.601. The molecule has 68 valence electrons. The Morgan fingerprint density at radius 3 is 2.62 bits per heavy atom. The van der Waals surface area contributed by atoms with Gasteiger partial charge < -0.3 is 0 Å². The van der Waals surface area contributed by atoms with Crippen LogP contribution in [0, 0.1) is 3.83 Å². The third-order valence-electron chi connectivity index (χ3n) is 1.26. The van der Waals surface area contributed by atoms with Crippen LogP contribution in [0.2, 0.25) is 0 Å². The smallest absolute Gasteiger partial charge is 0.203 e. The maximum atomic E-state index is 4.30. The lowest BCUT2D eigenvalue weighted by Gasteiger charge is -1.82. The van der Waals surface area contributed by atoms with Crippen LogP contribution in [-0.4, -0.2) is 9.36 Å². The molecular formula is C6HBr2IN2S2. The molecule has 13 heavy (non-hydrogen) atoms. The summed E-state index contributed by atoms with van der Waals surface area (Å²) in [4.78, 5) is 5.44. The van der Waals surface area contributed by atoms with E-state index in [4.69, 9.17) is 0 Å². The molecule has 2 nitrogen and oxygen atoms in total. The number of thiophene rings is 1. The molecule has 7 heteroatoms. The monoisotopic (exact) mass is 450 g/mol. The Bertz CT molecular complexity index is 420. The van der Waals surface area contributed by atoms with Gasteiger partial charge in [-0.1, -0.05) is 0 Å². The average Bonchev–Trinajstić information content (AvgIpc) is 2.61. The van der Waals surface area contributed by atoms with Gasteiger partial charge in [-0.3, -0.25) is 0 Å². The van der Waals surface area contributed by atoms with E-state index in [-0.39, 0.29) is 0 Å². The van der Waals surface area contributed by atoms with Crippen molar-refractivity contribution in [3.05, 3.63) is 18.2 Å². The minimum atomic E-state index is 0.804. The third-order valence-corrected chi connectivity index (χ3v) is 6.21. The van der Waals surface area contributed by atoms with Gasteiger partial charge in [0.1, 0.15) is 0 Å². The predicted octanol–water partition coefficient (Wildman–Crippen LogP) is 4.40. The van der Waals surface area contributed by atoms with E-state index >= 15 is 0 Å². The van der Waals surface area contributed by atoms with Crippen molar-refractivity contribution in [1.82, 2.24) is 9.36 Å². The standard InChI is InChI=1S/C6HBr2IN2S2/c7-2-1-3(12-4(2)8)5-10-6(9)11-13-5/h1H. The highest BCUT2D eigenvalue weighted by Gasteiger charge is 2.10. The van der Waals surface area contributed by atoms with E-state index in [1.165, 1.54) is 11.5 Å². The van der Waals surface area contributed by atoms with Gasteiger partial charge in [-0.05, 0) is 49.5 Å². The molecule has 0 saturated carbocycles. The van der Waals surface area contributed by atoms with Crippen molar-refractivity contribution in [2.45, 2.75) is 0 Å². The van der Waals surface area contributed by atoms with Gasteiger partial charge in [0, 0.05) is 27.1 Å². The van der Waals surface area contributed by atoms with Crippen LogP contribution in [0.25, 0.3) is 9.88 Å². The SMILES string of the molecule is Brc1cc(-c2nc(I)ns2)sc1Br. The first-order valence-corrected chi connectivity index (χ1v) is 7.36. The second-order valence-electron chi connectivity index (χ2n) is 2.10. The van der Waals surface area contributed by atoms with Crippen molar-refractivity contribution < 1.29 is 0 Å². The lowest BCUT2D eigenvalue weighted by molar-refractivity contribution is 1.26. The molecule has 0 radical (unpaired) electrons. The number of rotatable bonds is 1. The normalized spacial score (nSPS) is 10.7. The van der Waals surface area contributed by atoms with Crippen LogP contribution in [-0.2, 0) is 0 Å². The third kappa shape index (κ3) is 2.31. The lowest BCUT2D eigenvalue weighted by atomic mass is 10.5. The van der Waals surface area contributed by atoms with Gasteiger partial charge in [0.15, 0.2) is 5.01 Å². The highest BCUT2D eigenvalue weighted by molar-refractivity contribution is 14.1. The van der Waals surface area contributed by atoms with Crippen LogP contribution in [0.15, 0.2) is 14.3 Å². The molecular weight excluding hydrogens is 451 g/mol. The summed E-state index contributed by atoms with van der Waals surface area (Å²) in [5, 5.41) is 0.973. The topological polar surface area (TPSA) is 25.8 Å². The first kappa shape index (κ1) is 10.5. The minimum Gasteiger partial charge on any atom is -0.209 e. The van der Waals surface area contributed by atoms with Gasteiger partial charge in [0.2, 0.25) is 3.83 Å². The van der Waals surface area contributed by atoms with Crippen LogP contribution >= 0.6 is 77.3 Å². The second kappa shape index (κ2) is 4.21. The summed E-state index contributed by atoms with van der Waals surface area (Å²) in [5.41, 5.74) is 0. The Morgan fingerprint density at radius 2 is 2.15 bits per heavy atom. The van der Waals surface area contributed by atoms with E-state index in [2.05, 4.69) is 63.8 Å². The maximum absolute atomic E-state index is 4.30.